The highest BCUT2D eigenvalue weighted by atomic mass is 35.5. The summed E-state index contributed by atoms with van der Waals surface area (Å²) in [6.07, 6.45) is 0. The Kier molecular flexibility index (Phi) is 4.91. The number of sulfonamides is 1. The number of nitrogens with zero attached hydrogens (tertiary/aromatic N) is 1. The van der Waals surface area contributed by atoms with Crippen molar-refractivity contribution in [2.24, 2.45) is 0 Å². The number of benzene rings is 2. The molecule has 0 aromatic heterocycles. The van der Waals surface area contributed by atoms with E-state index in [2.05, 4.69) is 4.74 Å². The number of hydrogen-bond donors (Lipinski definition) is 0. The van der Waals surface area contributed by atoms with Gasteiger partial charge in [-0.25, -0.2) is 17.6 Å². The first kappa shape index (κ1) is 17.2. The number of rotatable bonds is 4. The lowest BCUT2D eigenvalue weighted by atomic mass is 10.2. The van der Waals surface area contributed by atoms with E-state index in [0.717, 1.165) is 22.5 Å². The molecular weight excluding hydrogens is 345 g/mol. The van der Waals surface area contributed by atoms with Crippen LogP contribution in [0.4, 0.5) is 10.1 Å². The molecule has 0 aliphatic heterocycles. The van der Waals surface area contributed by atoms with Crippen molar-refractivity contribution in [1.82, 2.24) is 0 Å². The fourth-order valence-corrected chi connectivity index (χ4v) is 3.71. The fourth-order valence-electron chi connectivity index (χ4n) is 1.99. The largest absolute Gasteiger partial charge is 0.465 e. The van der Waals surface area contributed by atoms with Gasteiger partial charge in [0.05, 0.1) is 23.4 Å². The lowest BCUT2D eigenvalue weighted by molar-refractivity contribution is 0.0601. The molecule has 0 fully saturated rings. The number of para-hydroxylation sites is 1. The van der Waals surface area contributed by atoms with Crippen LogP contribution >= 0.6 is 11.6 Å². The zero-order chi connectivity index (χ0) is 17.2. The Morgan fingerprint density at radius 1 is 1.22 bits per heavy atom. The number of halogens is 2. The molecule has 0 unspecified atom stereocenters. The first-order chi connectivity index (χ1) is 10.8. The van der Waals surface area contributed by atoms with Crippen molar-refractivity contribution >= 4 is 33.3 Å². The third-order valence-corrected chi connectivity index (χ3v) is 5.44. The second-order valence-electron chi connectivity index (χ2n) is 4.56. The predicted molar refractivity (Wildman–Crippen MR) is 84.8 cm³/mol. The highest BCUT2D eigenvalue weighted by Crippen LogP contribution is 2.30. The van der Waals surface area contributed by atoms with Crippen LogP contribution < -0.4 is 4.31 Å². The first-order valence-corrected chi connectivity index (χ1v) is 8.22. The van der Waals surface area contributed by atoms with Gasteiger partial charge in [0.15, 0.2) is 0 Å². The van der Waals surface area contributed by atoms with Crippen LogP contribution in [-0.2, 0) is 14.8 Å². The van der Waals surface area contributed by atoms with Gasteiger partial charge in [-0.2, -0.15) is 0 Å². The van der Waals surface area contributed by atoms with Crippen LogP contribution in [0.15, 0.2) is 47.4 Å². The van der Waals surface area contributed by atoms with Gasteiger partial charge in [0, 0.05) is 7.05 Å². The predicted octanol–water partition coefficient (Wildman–Crippen LogP) is 3.09. The van der Waals surface area contributed by atoms with Gasteiger partial charge in [-0.05, 0) is 30.3 Å². The molecule has 0 saturated carbocycles. The number of anilines is 1. The molecule has 0 bridgehead atoms. The van der Waals surface area contributed by atoms with Crippen molar-refractivity contribution in [3.05, 3.63) is 58.9 Å². The molecule has 0 heterocycles. The summed E-state index contributed by atoms with van der Waals surface area (Å²) in [7, 11) is -1.60. The second-order valence-corrected chi connectivity index (χ2v) is 6.90. The van der Waals surface area contributed by atoms with Gasteiger partial charge in [0.2, 0.25) is 0 Å². The molecule has 0 amide bonds. The Balaban J connectivity index is 2.56. The number of carbonyl (C=O) groups is 1. The van der Waals surface area contributed by atoms with Gasteiger partial charge in [0.25, 0.3) is 10.0 Å². The zero-order valence-corrected chi connectivity index (χ0v) is 13.9. The van der Waals surface area contributed by atoms with Crippen molar-refractivity contribution in [2.75, 3.05) is 18.5 Å². The molecule has 122 valence electrons. The molecular formula is C15H13ClFNO4S. The number of carbonyl (C=O) groups excluding carboxylic acids is 1. The number of esters is 1. The van der Waals surface area contributed by atoms with Crippen molar-refractivity contribution in [1.29, 1.82) is 0 Å². The summed E-state index contributed by atoms with van der Waals surface area (Å²) < 4.78 is 44.1. The minimum atomic E-state index is -4.08. The summed E-state index contributed by atoms with van der Waals surface area (Å²) in [6.45, 7) is 0. The Hall–Kier alpha value is -2.12. The fraction of sp³-hybridized carbons (Fsp3) is 0.133. The molecule has 0 atom stereocenters. The van der Waals surface area contributed by atoms with Crippen LogP contribution in [0.2, 0.25) is 5.02 Å². The number of ether oxygens (including phenoxy) is 1. The van der Waals surface area contributed by atoms with Gasteiger partial charge >= 0.3 is 5.97 Å². The molecule has 2 aromatic carbocycles. The number of methoxy groups -OCH3 is 1. The maximum atomic E-state index is 13.1. The Bertz CT molecular complexity index is 854. The molecule has 2 rings (SSSR count). The van der Waals surface area contributed by atoms with Gasteiger partial charge in [-0.1, -0.05) is 23.7 Å². The topological polar surface area (TPSA) is 63.7 Å². The third-order valence-electron chi connectivity index (χ3n) is 3.18. The van der Waals surface area contributed by atoms with Crippen LogP contribution in [0.5, 0.6) is 0 Å². The average Bonchev–Trinajstić information content (AvgIpc) is 2.53. The Labute approximate surface area is 138 Å². The second kappa shape index (κ2) is 6.55. The van der Waals surface area contributed by atoms with Crippen molar-refractivity contribution in [3.63, 3.8) is 0 Å². The lowest BCUT2D eigenvalue weighted by Crippen LogP contribution is -2.28. The van der Waals surface area contributed by atoms with Gasteiger partial charge < -0.3 is 4.74 Å². The van der Waals surface area contributed by atoms with Crippen LogP contribution in [0.25, 0.3) is 0 Å². The summed E-state index contributed by atoms with van der Waals surface area (Å²) >= 11 is 5.84. The third kappa shape index (κ3) is 3.30. The lowest BCUT2D eigenvalue weighted by Gasteiger charge is -2.22. The molecule has 0 spiro atoms. The molecule has 8 heteroatoms. The molecule has 0 saturated heterocycles. The summed E-state index contributed by atoms with van der Waals surface area (Å²) in [4.78, 5) is 11.5. The van der Waals surface area contributed by atoms with E-state index in [9.17, 15) is 17.6 Å². The highest BCUT2D eigenvalue weighted by molar-refractivity contribution is 7.93. The molecule has 0 radical (unpaired) electrons. The molecule has 0 aliphatic carbocycles. The van der Waals surface area contributed by atoms with E-state index in [1.807, 2.05) is 0 Å². The summed E-state index contributed by atoms with van der Waals surface area (Å²) in [5.74, 6) is -1.32. The van der Waals surface area contributed by atoms with E-state index in [1.54, 1.807) is 12.1 Å². The monoisotopic (exact) mass is 357 g/mol. The van der Waals surface area contributed by atoms with Gasteiger partial charge in [-0.15, -0.1) is 0 Å². The van der Waals surface area contributed by atoms with Crippen LogP contribution in [0.3, 0.4) is 0 Å². The summed E-state index contributed by atoms with van der Waals surface area (Å²) in [5, 5.41) is -0.243. The van der Waals surface area contributed by atoms with Gasteiger partial charge in [-0.3, -0.25) is 4.31 Å². The van der Waals surface area contributed by atoms with Gasteiger partial charge in [0.1, 0.15) is 10.7 Å². The minimum Gasteiger partial charge on any atom is -0.465 e. The molecule has 2 aromatic rings. The average molecular weight is 358 g/mol. The van der Waals surface area contributed by atoms with Crippen molar-refractivity contribution < 1.29 is 22.3 Å². The van der Waals surface area contributed by atoms with E-state index in [-0.39, 0.29) is 21.2 Å². The Morgan fingerprint density at radius 3 is 2.48 bits per heavy atom. The quantitative estimate of drug-likeness (QED) is 0.789. The molecule has 0 N–H and O–H groups in total. The smallest absolute Gasteiger partial charge is 0.340 e. The van der Waals surface area contributed by atoms with E-state index in [4.69, 9.17) is 11.6 Å². The van der Waals surface area contributed by atoms with Crippen LogP contribution in [0, 0.1) is 5.82 Å². The standard InChI is InChI=1S/C15H13ClFNO4S/c1-18(13-6-4-3-5-11(13)15(19)22-2)23(20,21)14-8-7-10(17)9-12(14)16/h3-9H,1-2H3. The van der Waals surface area contributed by atoms with Crippen molar-refractivity contribution in [3.8, 4) is 0 Å². The maximum Gasteiger partial charge on any atom is 0.340 e. The van der Waals surface area contributed by atoms with E-state index >= 15 is 0 Å². The summed E-state index contributed by atoms with van der Waals surface area (Å²) in [6, 6.07) is 9.05. The number of hydrogen-bond acceptors (Lipinski definition) is 4. The van der Waals surface area contributed by atoms with Crippen LogP contribution in [0.1, 0.15) is 10.4 Å². The van der Waals surface area contributed by atoms with E-state index in [0.29, 0.717) is 0 Å². The van der Waals surface area contributed by atoms with E-state index < -0.39 is 21.8 Å². The zero-order valence-electron chi connectivity index (χ0n) is 12.3. The minimum absolute atomic E-state index is 0.0827. The van der Waals surface area contributed by atoms with Crippen LogP contribution in [-0.4, -0.2) is 28.5 Å². The summed E-state index contributed by atoms with van der Waals surface area (Å²) in [5.41, 5.74) is 0.207. The van der Waals surface area contributed by atoms with E-state index in [1.165, 1.54) is 26.3 Å². The molecule has 5 nitrogen and oxygen atoms in total. The first-order valence-electron chi connectivity index (χ1n) is 6.40. The van der Waals surface area contributed by atoms with Crippen molar-refractivity contribution in [2.45, 2.75) is 4.90 Å². The normalized spacial score (nSPS) is 11.1. The SMILES string of the molecule is COC(=O)c1ccccc1N(C)S(=O)(=O)c1ccc(F)cc1Cl. The highest BCUT2D eigenvalue weighted by Gasteiger charge is 2.27. The Morgan fingerprint density at radius 2 is 1.87 bits per heavy atom. The molecule has 23 heavy (non-hydrogen) atoms. The maximum absolute atomic E-state index is 13.1. The molecule has 0 aliphatic rings.